The van der Waals surface area contributed by atoms with Crippen LogP contribution < -0.4 is 5.32 Å². The second-order valence-electron chi connectivity index (χ2n) is 11.5. The molecule has 2 aliphatic heterocycles. The highest BCUT2D eigenvalue weighted by Crippen LogP contribution is 2.22. The van der Waals surface area contributed by atoms with Gasteiger partial charge in [-0.25, -0.2) is 12.8 Å². The SMILES string of the molecule is O=C(NC[C@H]1CCCO1)[C@@H](Cc1ccccc1)N(Cc1ccc(F)cc1)C(=O)CCc1ccc(S(=O)(=O)N2CCCC2)cc1. The van der Waals surface area contributed by atoms with Gasteiger partial charge in [-0.3, -0.25) is 9.59 Å². The molecule has 3 aromatic carbocycles. The van der Waals surface area contributed by atoms with Crippen molar-refractivity contribution in [1.82, 2.24) is 14.5 Å². The van der Waals surface area contributed by atoms with Crippen molar-refractivity contribution in [2.75, 3.05) is 26.2 Å². The molecule has 8 nitrogen and oxygen atoms in total. The number of sulfonamides is 1. The number of hydrogen-bond acceptors (Lipinski definition) is 5. The third-order valence-corrected chi connectivity index (χ3v) is 10.2. The van der Waals surface area contributed by atoms with Crippen LogP contribution in [0.4, 0.5) is 4.39 Å². The van der Waals surface area contributed by atoms with Crippen LogP contribution in [0.15, 0.2) is 83.8 Å². The number of benzene rings is 3. The maximum Gasteiger partial charge on any atom is 0.243 e. The molecule has 2 aliphatic rings. The zero-order valence-electron chi connectivity index (χ0n) is 24.9. The first-order chi connectivity index (χ1) is 21.3. The van der Waals surface area contributed by atoms with Crippen LogP contribution in [0.1, 0.15) is 48.8 Å². The molecule has 0 spiro atoms. The molecular weight excluding hydrogens is 581 g/mol. The largest absolute Gasteiger partial charge is 0.376 e. The molecule has 0 aliphatic carbocycles. The monoisotopic (exact) mass is 621 g/mol. The number of nitrogens with one attached hydrogen (secondary N) is 1. The maximum absolute atomic E-state index is 13.9. The van der Waals surface area contributed by atoms with Gasteiger partial charge in [0.05, 0.1) is 11.0 Å². The highest BCUT2D eigenvalue weighted by Gasteiger charge is 2.31. The van der Waals surface area contributed by atoms with E-state index in [1.807, 2.05) is 30.3 Å². The Labute approximate surface area is 259 Å². The minimum Gasteiger partial charge on any atom is -0.376 e. The van der Waals surface area contributed by atoms with Gasteiger partial charge in [-0.05, 0) is 73.1 Å². The van der Waals surface area contributed by atoms with Crippen molar-refractivity contribution in [3.8, 4) is 0 Å². The number of halogens is 1. The molecule has 0 radical (unpaired) electrons. The van der Waals surface area contributed by atoms with Crippen LogP contribution in [0.25, 0.3) is 0 Å². The van der Waals surface area contributed by atoms with Gasteiger partial charge in [-0.15, -0.1) is 0 Å². The molecule has 2 fully saturated rings. The molecule has 44 heavy (non-hydrogen) atoms. The molecule has 234 valence electrons. The van der Waals surface area contributed by atoms with Crippen LogP contribution in [0.5, 0.6) is 0 Å². The summed E-state index contributed by atoms with van der Waals surface area (Å²) in [7, 11) is -3.52. The van der Waals surface area contributed by atoms with Gasteiger partial charge >= 0.3 is 0 Å². The standard InChI is InChI=1S/C34H40FN3O5S/c35-29-15-10-28(11-16-29)25-38(32(23-27-7-2-1-3-8-27)34(40)36-24-30-9-6-22-43-30)33(39)19-14-26-12-17-31(18-13-26)44(41,42)37-20-4-5-21-37/h1-3,7-8,10-13,15-18,30,32H,4-6,9,14,19-25H2,(H,36,40)/t30-,32-/m1/s1. The van der Waals surface area contributed by atoms with E-state index in [-0.39, 0.29) is 41.6 Å². The second-order valence-corrected chi connectivity index (χ2v) is 13.4. The number of nitrogens with zero attached hydrogens (tertiary/aromatic N) is 2. The van der Waals surface area contributed by atoms with Crippen LogP contribution in [0.2, 0.25) is 0 Å². The van der Waals surface area contributed by atoms with Crippen molar-refractivity contribution in [2.45, 2.75) is 68.5 Å². The Balaban J connectivity index is 1.34. The van der Waals surface area contributed by atoms with Gasteiger partial charge in [-0.1, -0.05) is 54.6 Å². The average Bonchev–Trinajstić information content (AvgIpc) is 3.78. The van der Waals surface area contributed by atoms with Crippen molar-refractivity contribution >= 4 is 21.8 Å². The maximum atomic E-state index is 13.9. The minimum absolute atomic E-state index is 0.0465. The number of hydrogen-bond donors (Lipinski definition) is 1. The second kappa shape index (κ2) is 14.9. The Kier molecular flexibility index (Phi) is 10.8. The highest BCUT2D eigenvalue weighted by molar-refractivity contribution is 7.89. The molecule has 2 atom stereocenters. The quantitative estimate of drug-likeness (QED) is 0.304. The lowest BCUT2D eigenvalue weighted by molar-refractivity contribution is -0.141. The van der Waals surface area contributed by atoms with Gasteiger partial charge in [0.1, 0.15) is 11.9 Å². The van der Waals surface area contributed by atoms with E-state index < -0.39 is 16.1 Å². The smallest absolute Gasteiger partial charge is 0.243 e. The van der Waals surface area contributed by atoms with Gasteiger partial charge in [0.25, 0.3) is 0 Å². The molecule has 0 bridgehead atoms. The van der Waals surface area contributed by atoms with Crippen molar-refractivity contribution < 1.29 is 27.1 Å². The summed E-state index contributed by atoms with van der Waals surface area (Å²) < 4.78 is 46.7. The normalized spacial score (nSPS) is 17.8. The summed E-state index contributed by atoms with van der Waals surface area (Å²) in [5.74, 6) is -0.871. The molecule has 5 rings (SSSR count). The summed E-state index contributed by atoms with van der Waals surface area (Å²) >= 11 is 0. The first-order valence-electron chi connectivity index (χ1n) is 15.4. The van der Waals surface area contributed by atoms with Gasteiger partial charge in [0.15, 0.2) is 0 Å². The van der Waals surface area contributed by atoms with Crippen LogP contribution in [0, 0.1) is 5.82 Å². The number of carbonyl (C=O) groups excluding carboxylic acids is 2. The van der Waals surface area contributed by atoms with Crippen LogP contribution >= 0.6 is 0 Å². The molecule has 0 aromatic heterocycles. The topological polar surface area (TPSA) is 96.0 Å². The predicted molar refractivity (Wildman–Crippen MR) is 166 cm³/mol. The number of ether oxygens (including phenoxy) is 1. The van der Waals surface area contributed by atoms with E-state index in [0.717, 1.165) is 36.8 Å². The lowest BCUT2D eigenvalue weighted by Crippen LogP contribution is -2.51. The third kappa shape index (κ3) is 8.31. The van der Waals surface area contributed by atoms with E-state index in [2.05, 4.69) is 5.32 Å². The minimum atomic E-state index is -3.52. The predicted octanol–water partition coefficient (Wildman–Crippen LogP) is 4.48. The Bertz CT molecular complexity index is 1490. The van der Waals surface area contributed by atoms with E-state index in [0.29, 0.717) is 44.6 Å². The molecule has 10 heteroatoms. The first kappa shape index (κ1) is 31.8. The number of amides is 2. The Morgan fingerprint density at radius 2 is 1.59 bits per heavy atom. The molecule has 0 saturated carbocycles. The fourth-order valence-corrected chi connectivity index (χ4v) is 7.30. The Hall–Kier alpha value is -3.60. The molecule has 2 amide bonds. The van der Waals surface area contributed by atoms with Gasteiger partial charge in [0.2, 0.25) is 21.8 Å². The van der Waals surface area contributed by atoms with Gasteiger partial charge < -0.3 is 15.0 Å². The number of rotatable bonds is 13. The molecule has 2 heterocycles. The molecule has 0 unspecified atom stereocenters. The third-order valence-electron chi connectivity index (χ3n) is 8.32. The van der Waals surface area contributed by atoms with Crippen LogP contribution in [0.3, 0.4) is 0 Å². The van der Waals surface area contributed by atoms with Gasteiger partial charge in [0, 0.05) is 45.6 Å². The van der Waals surface area contributed by atoms with E-state index in [4.69, 9.17) is 4.74 Å². The van der Waals surface area contributed by atoms with E-state index in [1.165, 1.54) is 16.4 Å². The lowest BCUT2D eigenvalue weighted by atomic mass is 10.0. The average molecular weight is 622 g/mol. The van der Waals surface area contributed by atoms with Gasteiger partial charge in [-0.2, -0.15) is 4.31 Å². The van der Waals surface area contributed by atoms with Crippen molar-refractivity contribution in [3.63, 3.8) is 0 Å². The summed E-state index contributed by atoms with van der Waals surface area (Å²) in [5.41, 5.74) is 2.44. The van der Waals surface area contributed by atoms with E-state index >= 15 is 0 Å². The number of carbonyl (C=O) groups is 2. The Morgan fingerprint density at radius 1 is 0.909 bits per heavy atom. The van der Waals surface area contributed by atoms with Crippen LogP contribution in [-0.2, 0) is 43.7 Å². The fraction of sp³-hybridized carbons (Fsp3) is 0.412. The van der Waals surface area contributed by atoms with Crippen molar-refractivity contribution in [1.29, 1.82) is 0 Å². The molecule has 3 aromatic rings. The zero-order chi connectivity index (χ0) is 30.9. The zero-order valence-corrected chi connectivity index (χ0v) is 25.7. The van der Waals surface area contributed by atoms with Crippen molar-refractivity contribution in [2.24, 2.45) is 0 Å². The van der Waals surface area contributed by atoms with Crippen LogP contribution in [-0.4, -0.2) is 67.8 Å². The van der Waals surface area contributed by atoms with E-state index in [1.54, 1.807) is 41.3 Å². The van der Waals surface area contributed by atoms with Crippen molar-refractivity contribution in [3.05, 3.63) is 101 Å². The summed E-state index contributed by atoms with van der Waals surface area (Å²) in [6.45, 7) is 2.25. The summed E-state index contributed by atoms with van der Waals surface area (Å²) in [6.07, 6.45) is 4.32. The summed E-state index contributed by atoms with van der Waals surface area (Å²) in [4.78, 5) is 29.5. The molecular formula is C34H40FN3O5S. The lowest BCUT2D eigenvalue weighted by Gasteiger charge is -2.32. The van der Waals surface area contributed by atoms with E-state index in [9.17, 15) is 22.4 Å². The molecule has 1 N–H and O–H groups in total. The molecule has 2 saturated heterocycles. The number of aryl methyl sites for hydroxylation is 1. The fourth-order valence-electron chi connectivity index (χ4n) is 5.78. The Morgan fingerprint density at radius 3 is 2.25 bits per heavy atom. The highest BCUT2D eigenvalue weighted by atomic mass is 32.2. The first-order valence-corrected chi connectivity index (χ1v) is 16.8. The summed E-state index contributed by atoms with van der Waals surface area (Å²) in [5, 5.41) is 3.01. The summed E-state index contributed by atoms with van der Waals surface area (Å²) in [6, 6.07) is 21.4.